The Kier molecular flexibility index (Phi) is 6.13. The van der Waals surface area contributed by atoms with Crippen LogP contribution in [0.5, 0.6) is 11.5 Å². The molecule has 1 aromatic heterocycles. The average Bonchev–Trinajstić information content (AvgIpc) is 3.21. The Morgan fingerprint density at radius 2 is 1.76 bits per heavy atom. The van der Waals surface area contributed by atoms with Gasteiger partial charge in [0.1, 0.15) is 0 Å². The van der Waals surface area contributed by atoms with Crippen molar-refractivity contribution < 1.29 is 28.3 Å². The Labute approximate surface area is 167 Å². The van der Waals surface area contributed by atoms with Crippen LogP contribution < -0.4 is 14.8 Å². The lowest BCUT2D eigenvalue weighted by atomic mass is 10.1. The maximum Gasteiger partial charge on any atom is 0.339 e. The molecule has 0 fully saturated rings. The predicted octanol–water partition coefficient (Wildman–Crippen LogP) is 3.33. The van der Waals surface area contributed by atoms with Crippen LogP contribution in [-0.2, 0) is 16.0 Å². The first-order valence-corrected chi connectivity index (χ1v) is 8.71. The molecule has 0 spiro atoms. The summed E-state index contributed by atoms with van der Waals surface area (Å²) < 4.78 is 20.6. The van der Waals surface area contributed by atoms with Gasteiger partial charge in [-0.25, -0.2) is 4.79 Å². The van der Waals surface area contributed by atoms with E-state index >= 15 is 0 Å². The highest BCUT2D eigenvalue weighted by atomic mass is 16.5. The van der Waals surface area contributed by atoms with Crippen LogP contribution in [0.3, 0.4) is 0 Å². The highest BCUT2D eigenvalue weighted by Crippen LogP contribution is 2.32. The minimum absolute atomic E-state index is 0.0215. The van der Waals surface area contributed by atoms with E-state index in [0.29, 0.717) is 28.6 Å². The number of esters is 1. The number of ether oxygens (including phenoxy) is 3. The summed E-state index contributed by atoms with van der Waals surface area (Å²) in [7, 11) is 4.39. The molecule has 0 saturated heterocycles. The fourth-order valence-corrected chi connectivity index (χ4v) is 2.76. The van der Waals surface area contributed by atoms with Gasteiger partial charge in [0, 0.05) is 11.6 Å². The van der Waals surface area contributed by atoms with Gasteiger partial charge in [-0.3, -0.25) is 4.79 Å². The van der Waals surface area contributed by atoms with Crippen molar-refractivity contribution in [2.45, 2.75) is 6.42 Å². The van der Waals surface area contributed by atoms with Crippen molar-refractivity contribution in [2.24, 2.45) is 0 Å². The molecule has 8 heteroatoms. The normalized spacial score (nSPS) is 10.3. The maximum absolute atomic E-state index is 12.4. The van der Waals surface area contributed by atoms with Crippen molar-refractivity contribution in [1.82, 2.24) is 5.16 Å². The molecule has 0 aliphatic rings. The third kappa shape index (κ3) is 4.55. The number of methoxy groups -OCH3 is 3. The lowest BCUT2D eigenvalue weighted by Gasteiger charge is -2.08. The summed E-state index contributed by atoms with van der Waals surface area (Å²) in [4.78, 5) is 24.2. The van der Waals surface area contributed by atoms with Crippen molar-refractivity contribution in [2.75, 3.05) is 26.6 Å². The molecule has 3 aromatic rings. The van der Waals surface area contributed by atoms with Crippen LogP contribution in [0.4, 0.5) is 5.69 Å². The van der Waals surface area contributed by atoms with Crippen molar-refractivity contribution in [1.29, 1.82) is 0 Å². The van der Waals surface area contributed by atoms with Crippen LogP contribution in [0.2, 0.25) is 0 Å². The van der Waals surface area contributed by atoms with E-state index in [1.54, 1.807) is 62.8 Å². The number of hydrogen-bond acceptors (Lipinski definition) is 7. The number of nitrogens with zero attached hydrogens (tertiary/aromatic N) is 1. The average molecular weight is 396 g/mol. The molecular weight excluding hydrogens is 376 g/mol. The third-order valence-electron chi connectivity index (χ3n) is 4.18. The van der Waals surface area contributed by atoms with Crippen molar-refractivity contribution >= 4 is 17.6 Å². The highest BCUT2D eigenvalue weighted by Gasteiger charge is 2.16. The molecule has 29 heavy (non-hydrogen) atoms. The third-order valence-corrected chi connectivity index (χ3v) is 4.18. The number of amides is 1. The Hall–Kier alpha value is -3.81. The van der Waals surface area contributed by atoms with Gasteiger partial charge in [-0.15, -0.1) is 0 Å². The standard InChI is InChI=1S/C21H20N2O6/c1-26-17-9-8-13(10-19(17)27-2)18-11-14(23-29-18)12-20(24)22-16-7-5-4-6-15(16)21(25)28-3/h4-11H,12H2,1-3H3,(H,22,24). The molecule has 1 N–H and O–H groups in total. The molecule has 0 unspecified atom stereocenters. The van der Waals surface area contributed by atoms with E-state index in [4.69, 9.17) is 18.7 Å². The van der Waals surface area contributed by atoms with Gasteiger partial charge in [0.25, 0.3) is 0 Å². The minimum Gasteiger partial charge on any atom is -0.493 e. The molecular formula is C21H20N2O6. The zero-order valence-electron chi connectivity index (χ0n) is 16.2. The summed E-state index contributed by atoms with van der Waals surface area (Å²) in [5.41, 5.74) is 1.82. The van der Waals surface area contributed by atoms with Gasteiger partial charge < -0.3 is 24.1 Å². The molecule has 0 saturated carbocycles. The molecule has 2 aromatic carbocycles. The first-order valence-electron chi connectivity index (χ1n) is 8.71. The van der Waals surface area contributed by atoms with Gasteiger partial charge in [0.15, 0.2) is 17.3 Å². The van der Waals surface area contributed by atoms with Crippen molar-refractivity contribution in [3.63, 3.8) is 0 Å². The van der Waals surface area contributed by atoms with Gasteiger partial charge in [0.2, 0.25) is 5.91 Å². The van der Waals surface area contributed by atoms with Gasteiger partial charge in [-0.2, -0.15) is 0 Å². The van der Waals surface area contributed by atoms with Crippen LogP contribution in [-0.4, -0.2) is 38.4 Å². The first-order chi connectivity index (χ1) is 14.0. The van der Waals surface area contributed by atoms with E-state index in [2.05, 4.69) is 10.5 Å². The second kappa shape index (κ2) is 8.92. The molecule has 0 atom stereocenters. The van der Waals surface area contributed by atoms with Crippen LogP contribution in [0.1, 0.15) is 16.1 Å². The highest BCUT2D eigenvalue weighted by molar-refractivity contribution is 6.01. The molecule has 0 aliphatic carbocycles. The first kappa shape index (κ1) is 19.9. The fraction of sp³-hybridized carbons (Fsp3) is 0.190. The number of nitrogens with one attached hydrogen (secondary N) is 1. The van der Waals surface area contributed by atoms with Crippen molar-refractivity contribution in [3.8, 4) is 22.8 Å². The molecule has 0 bridgehead atoms. The lowest BCUT2D eigenvalue weighted by molar-refractivity contribution is -0.115. The zero-order valence-corrected chi connectivity index (χ0v) is 16.2. The van der Waals surface area contributed by atoms with Crippen LogP contribution >= 0.6 is 0 Å². The Morgan fingerprint density at radius 3 is 2.48 bits per heavy atom. The topological polar surface area (TPSA) is 99.9 Å². The summed E-state index contributed by atoms with van der Waals surface area (Å²) in [6, 6.07) is 13.6. The summed E-state index contributed by atoms with van der Waals surface area (Å²) in [5.74, 6) is 0.773. The summed E-state index contributed by atoms with van der Waals surface area (Å²) >= 11 is 0. The van der Waals surface area contributed by atoms with E-state index in [0.717, 1.165) is 5.56 Å². The van der Waals surface area contributed by atoms with Gasteiger partial charge in [-0.05, 0) is 30.3 Å². The lowest BCUT2D eigenvalue weighted by Crippen LogP contribution is -2.17. The van der Waals surface area contributed by atoms with E-state index in [1.807, 2.05) is 0 Å². The number of aromatic nitrogens is 1. The van der Waals surface area contributed by atoms with Crippen molar-refractivity contribution in [3.05, 3.63) is 59.8 Å². The number of hydrogen-bond donors (Lipinski definition) is 1. The number of para-hydroxylation sites is 1. The summed E-state index contributed by atoms with van der Waals surface area (Å²) in [6.45, 7) is 0. The van der Waals surface area contributed by atoms with Crippen LogP contribution in [0.15, 0.2) is 53.1 Å². The Balaban J connectivity index is 1.72. The smallest absolute Gasteiger partial charge is 0.339 e. The number of anilines is 1. The zero-order chi connectivity index (χ0) is 20.8. The fourth-order valence-electron chi connectivity index (χ4n) is 2.76. The molecule has 150 valence electrons. The van der Waals surface area contributed by atoms with Gasteiger partial charge in [-0.1, -0.05) is 17.3 Å². The van der Waals surface area contributed by atoms with E-state index < -0.39 is 5.97 Å². The SMILES string of the molecule is COC(=O)c1ccccc1NC(=O)Cc1cc(-c2ccc(OC)c(OC)c2)on1. The molecule has 8 nitrogen and oxygen atoms in total. The largest absolute Gasteiger partial charge is 0.493 e. The van der Waals surface area contributed by atoms with E-state index in [9.17, 15) is 9.59 Å². The summed E-state index contributed by atoms with van der Waals surface area (Å²) in [6.07, 6.45) is -0.0215. The second-order valence-electron chi connectivity index (χ2n) is 6.01. The summed E-state index contributed by atoms with van der Waals surface area (Å²) in [5, 5.41) is 6.65. The monoisotopic (exact) mass is 396 g/mol. The van der Waals surface area contributed by atoms with E-state index in [1.165, 1.54) is 7.11 Å². The Morgan fingerprint density at radius 1 is 1.00 bits per heavy atom. The number of carbonyl (C=O) groups excluding carboxylic acids is 2. The quantitative estimate of drug-likeness (QED) is 0.612. The Bertz CT molecular complexity index is 1030. The minimum atomic E-state index is -0.530. The molecule has 3 rings (SSSR count). The predicted molar refractivity (Wildman–Crippen MR) is 105 cm³/mol. The molecule has 0 aliphatic heterocycles. The number of carbonyl (C=O) groups is 2. The van der Waals surface area contributed by atoms with E-state index in [-0.39, 0.29) is 17.9 Å². The number of rotatable bonds is 7. The maximum atomic E-state index is 12.4. The van der Waals surface area contributed by atoms with Crippen LogP contribution in [0, 0.1) is 0 Å². The number of benzene rings is 2. The second-order valence-corrected chi connectivity index (χ2v) is 6.01. The van der Waals surface area contributed by atoms with Crippen LogP contribution in [0.25, 0.3) is 11.3 Å². The molecule has 1 amide bonds. The van der Waals surface area contributed by atoms with Gasteiger partial charge >= 0.3 is 5.97 Å². The molecule has 1 heterocycles. The molecule has 0 radical (unpaired) electrons. The van der Waals surface area contributed by atoms with Gasteiger partial charge in [0.05, 0.1) is 44.7 Å².